The number of aromatic nitrogens is 1. The van der Waals surface area contributed by atoms with Crippen molar-refractivity contribution in [3.63, 3.8) is 0 Å². The molecule has 0 bridgehead atoms. The van der Waals surface area contributed by atoms with Gasteiger partial charge in [-0.25, -0.2) is 0 Å². The molecule has 1 spiro atoms. The second-order valence-electron chi connectivity index (χ2n) is 15.7. The van der Waals surface area contributed by atoms with Crippen LogP contribution in [0.3, 0.4) is 0 Å². The number of alkyl halides is 3. The van der Waals surface area contributed by atoms with Crippen molar-refractivity contribution in [1.82, 2.24) is 4.98 Å². The summed E-state index contributed by atoms with van der Waals surface area (Å²) >= 11 is 0. The summed E-state index contributed by atoms with van der Waals surface area (Å²) in [6.07, 6.45) is 2.19. The molecule has 0 radical (unpaired) electrons. The SMILES string of the molecule is CC(C)(C)[Si](C)(C)O[C@H]1CC2(Cc3nc(C4CCOCC4)cc(C4=CCOCC4)c31)CC([C@H](O)c1ccc(C(F)(F)F)c(C#N)c1)C2. The summed E-state index contributed by atoms with van der Waals surface area (Å²) in [5.74, 6) is 0.195. The number of nitrogens with zero attached hydrogens (tertiary/aromatic N) is 2. The van der Waals surface area contributed by atoms with Crippen LogP contribution in [-0.4, -0.2) is 44.8 Å². The Kier molecular flexibility index (Phi) is 9.29. The Labute approximate surface area is 277 Å². The number of hydrogen-bond acceptors (Lipinski definition) is 6. The fourth-order valence-corrected chi connectivity index (χ4v) is 9.13. The lowest BCUT2D eigenvalue weighted by molar-refractivity contribution is -0.137. The van der Waals surface area contributed by atoms with E-state index in [0.29, 0.717) is 37.5 Å². The number of aliphatic hydroxyl groups excluding tert-OH is 1. The van der Waals surface area contributed by atoms with Crippen molar-refractivity contribution in [2.24, 2.45) is 11.3 Å². The molecule has 1 saturated carbocycles. The number of hydrogen-bond donors (Lipinski definition) is 1. The molecule has 1 aromatic carbocycles. The third kappa shape index (κ3) is 6.84. The van der Waals surface area contributed by atoms with Gasteiger partial charge >= 0.3 is 6.18 Å². The van der Waals surface area contributed by atoms with Gasteiger partial charge in [-0.3, -0.25) is 4.98 Å². The molecule has 6 nitrogen and oxygen atoms in total. The van der Waals surface area contributed by atoms with Gasteiger partial charge in [0.2, 0.25) is 0 Å². The molecule has 2 atom stereocenters. The van der Waals surface area contributed by atoms with Crippen LogP contribution in [-0.2, 0) is 26.5 Å². The molecule has 254 valence electrons. The van der Waals surface area contributed by atoms with Gasteiger partial charge in [-0.1, -0.05) is 32.9 Å². The van der Waals surface area contributed by atoms with Gasteiger partial charge in [-0.15, -0.1) is 0 Å². The van der Waals surface area contributed by atoms with Crippen LogP contribution in [0.4, 0.5) is 13.2 Å². The van der Waals surface area contributed by atoms with Gasteiger partial charge < -0.3 is 19.0 Å². The Balaban J connectivity index is 1.36. The summed E-state index contributed by atoms with van der Waals surface area (Å²) in [5, 5.41) is 20.8. The normalized spacial score (nSPS) is 26.3. The number of rotatable bonds is 6. The van der Waals surface area contributed by atoms with Crippen molar-refractivity contribution in [2.75, 3.05) is 26.4 Å². The monoisotopic (exact) mass is 668 g/mol. The molecule has 1 aromatic heterocycles. The maximum Gasteiger partial charge on any atom is 0.417 e. The number of ether oxygens (including phenoxy) is 2. The van der Waals surface area contributed by atoms with E-state index in [2.05, 4.69) is 46.0 Å². The van der Waals surface area contributed by atoms with E-state index in [4.69, 9.17) is 18.9 Å². The van der Waals surface area contributed by atoms with Crippen molar-refractivity contribution in [3.8, 4) is 6.07 Å². The van der Waals surface area contributed by atoms with Crippen LogP contribution >= 0.6 is 0 Å². The number of benzene rings is 1. The van der Waals surface area contributed by atoms with Crippen molar-refractivity contribution in [3.05, 3.63) is 69.5 Å². The van der Waals surface area contributed by atoms with Crippen LogP contribution in [0.15, 0.2) is 30.3 Å². The number of aliphatic hydroxyl groups is 1. The zero-order chi connectivity index (χ0) is 33.8. The Bertz CT molecular complexity index is 1560. The van der Waals surface area contributed by atoms with Crippen molar-refractivity contribution in [1.29, 1.82) is 5.26 Å². The van der Waals surface area contributed by atoms with Crippen LogP contribution in [0.25, 0.3) is 5.57 Å². The van der Waals surface area contributed by atoms with Crippen molar-refractivity contribution < 1.29 is 32.2 Å². The Morgan fingerprint density at radius 3 is 2.40 bits per heavy atom. The molecule has 2 fully saturated rings. The van der Waals surface area contributed by atoms with Crippen molar-refractivity contribution >= 4 is 13.9 Å². The van der Waals surface area contributed by atoms with Crippen LogP contribution < -0.4 is 0 Å². The molecule has 10 heteroatoms. The smallest absolute Gasteiger partial charge is 0.410 e. The highest BCUT2D eigenvalue weighted by Gasteiger charge is 2.53. The first kappa shape index (κ1) is 34.3. The minimum atomic E-state index is -4.63. The molecule has 0 unspecified atom stereocenters. The van der Waals surface area contributed by atoms with Crippen LogP contribution in [0.2, 0.25) is 18.1 Å². The topological polar surface area (TPSA) is 84.6 Å². The lowest BCUT2D eigenvalue weighted by Gasteiger charge is -2.55. The van der Waals surface area contributed by atoms with Crippen LogP contribution in [0.1, 0.15) is 117 Å². The van der Waals surface area contributed by atoms with E-state index in [0.717, 1.165) is 62.8 Å². The Morgan fingerprint density at radius 2 is 1.79 bits per heavy atom. The van der Waals surface area contributed by atoms with E-state index in [1.165, 1.54) is 28.8 Å². The van der Waals surface area contributed by atoms with Gasteiger partial charge in [-0.2, -0.15) is 18.4 Å². The first-order chi connectivity index (χ1) is 22.1. The number of pyridine rings is 1. The molecule has 2 aliphatic carbocycles. The van der Waals surface area contributed by atoms with E-state index in [1.807, 2.05) is 0 Å². The second-order valence-corrected chi connectivity index (χ2v) is 20.4. The number of fused-ring (bicyclic) bond motifs is 1. The Morgan fingerprint density at radius 1 is 1.06 bits per heavy atom. The molecule has 2 aliphatic heterocycles. The highest BCUT2D eigenvalue weighted by atomic mass is 28.4. The Hall–Kier alpha value is -2.55. The standard InChI is InChI=1S/C37H47F3N2O4Si/c1-35(2,3)47(4,5)46-32-21-36(18-27(19-36)34(43)25-6-7-29(37(38,39)40)26(16-25)22-41)20-31-33(32)28(23-8-12-44-13-9-23)17-30(42-31)24-10-14-45-15-11-24/h6-8,16-17,24,27,32,34,43H,9-15,18-21H2,1-5H3/t27?,32-,34+,36?/m0/s1. The molecule has 0 amide bonds. The average Bonchev–Trinajstić information content (AvgIpc) is 3.02. The van der Waals surface area contributed by atoms with Gasteiger partial charge in [0, 0.05) is 36.1 Å². The molecular formula is C37H47F3N2O4Si. The number of halogens is 3. The summed E-state index contributed by atoms with van der Waals surface area (Å²) < 4.78 is 59.0. The largest absolute Gasteiger partial charge is 0.417 e. The molecule has 1 saturated heterocycles. The fourth-order valence-electron chi connectivity index (χ4n) is 7.86. The molecule has 6 rings (SSSR count). The molecule has 47 heavy (non-hydrogen) atoms. The van der Waals surface area contributed by atoms with Crippen LogP contribution in [0, 0.1) is 22.7 Å². The molecular weight excluding hydrogens is 621 g/mol. The summed E-state index contributed by atoms with van der Waals surface area (Å²) in [6.45, 7) is 14.1. The lowest BCUT2D eigenvalue weighted by atomic mass is 9.53. The predicted octanol–water partition coefficient (Wildman–Crippen LogP) is 8.81. The van der Waals surface area contributed by atoms with Gasteiger partial charge in [0.05, 0.1) is 42.6 Å². The minimum Gasteiger partial charge on any atom is -0.410 e. The molecule has 1 N–H and O–H groups in total. The first-order valence-electron chi connectivity index (χ1n) is 17.0. The number of nitriles is 1. The average molecular weight is 669 g/mol. The fraction of sp³-hybridized carbons (Fsp3) is 0.622. The van der Waals surface area contributed by atoms with Crippen molar-refractivity contribution in [2.45, 2.75) is 108 Å². The second kappa shape index (κ2) is 12.7. The first-order valence-corrected chi connectivity index (χ1v) is 19.9. The molecule has 4 aliphatic rings. The summed E-state index contributed by atoms with van der Waals surface area (Å²) in [7, 11) is -2.21. The quantitative estimate of drug-likeness (QED) is 0.310. The van der Waals surface area contributed by atoms with E-state index in [-0.39, 0.29) is 22.5 Å². The van der Waals surface area contributed by atoms with Gasteiger partial charge in [0.15, 0.2) is 8.32 Å². The van der Waals surface area contributed by atoms with Gasteiger partial charge in [0.25, 0.3) is 0 Å². The third-order valence-corrected chi connectivity index (χ3v) is 16.0. The van der Waals surface area contributed by atoms with Gasteiger partial charge in [0.1, 0.15) is 0 Å². The van der Waals surface area contributed by atoms with Gasteiger partial charge in [-0.05, 0) is 109 Å². The predicted molar refractivity (Wildman–Crippen MR) is 176 cm³/mol. The van der Waals surface area contributed by atoms with E-state index in [1.54, 1.807) is 6.07 Å². The third-order valence-electron chi connectivity index (χ3n) is 11.5. The van der Waals surface area contributed by atoms with E-state index >= 15 is 0 Å². The van der Waals surface area contributed by atoms with E-state index in [9.17, 15) is 23.5 Å². The maximum absolute atomic E-state index is 13.4. The summed E-state index contributed by atoms with van der Waals surface area (Å²) in [6, 6.07) is 7.42. The summed E-state index contributed by atoms with van der Waals surface area (Å²) in [5.41, 5.74) is 4.71. The zero-order valence-corrected chi connectivity index (χ0v) is 29.2. The zero-order valence-electron chi connectivity index (χ0n) is 28.2. The molecule has 3 heterocycles. The van der Waals surface area contributed by atoms with Crippen LogP contribution in [0.5, 0.6) is 0 Å². The van der Waals surface area contributed by atoms with E-state index < -0.39 is 31.7 Å². The lowest BCUT2D eigenvalue weighted by Crippen LogP contribution is -2.49. The highest BCUT2D eigenvalue weighted by molar-refractivity contribution is 6.74. The summed E-state index contributed by atoms with van der Waals surface area (Å²) in [4.78, 5) is 5.41. The molecule has 2 aromatic rings. The minimum absolute atomic E-state index is 0.00468. The maximum atomic E-state index is 13.4. The highest BCUT2D eigenvalue weighted by Crippen LogP contribution is 2.61.